The van der Waals surface area contributed by atoms with E-state index in [1.807, 2.05) is 73.7 Å². The molecular formula is C33H35ClN4O4S. The number of benzene rings is 3. The van der Waals surface area contributed by atoms with Crippen LogP contribution >= 0.6 is 23.4 Å². The number of nitrogens with one attached hydrogen (secondary N) is 2. The van der Waals surface area contributed by atoms with Gasteiger partial charge in [0.2, 0.25) is 5.91 Å². The molecule has 10 heteroatoms. The predicted octanol–water partition coefficient (Wildman–Crippen LogP) is 5.49. The second kappa shape index (κ2) is 14.1. The first-order valence-electron chi connectivity index (χ1n) is 14.2. The Kier molecular flexibility index (Phi) is 10.1. The Morgan fingerprint density at radius 2 is 1.67 bits per heavy atom. The SMILES string of the molecule is COc1ccc([C@H]2CNC[C@@H]2C(=O)N[C@H](C)CCc2cc(Sc3ccc(Cl)cc3)nn(-c3ccc(OC)cc3)c2=O)cc1. The van der Waals surface area contributed by atoms with Crippen molar-refractivity contribution in [2.75, 3.05) is 27.3 Å². The third-order valence-corrected chi connectivity index (χ3v) is 8.82. The Balaban J connectivity index is 1.31. The molecule has 0 unspecified atom stereocenters. The fourth-order valence-electron chi connectivity index (χ4n) is 5.22. The number of nitrogens with zero attached hydrogens (tertiary/aromatic N) is 2. The molecule has 224 valence electrons. The molecule has 1 aliphatic rings. The molecule has 5 rings (SSSR count). The molecule has 1 fully saturated rings. The van der Waals surface area contributed by atoms with Gasteiger partial charge in [-0.3, -0.25) is 9.59 Å². The van der Waals surface area contributed by atoms with Crippen molar-refractivity contribution >= 4 is 29.3 Å². The van der Waals surface area contributed by atoms with Gasteiger partial charge in [-0.25, -0.2) is 0 Å². The minimum absolute atomic E-state index is 0.0164. The number of carbonyl (C=O) groups is 1. The number of halogens is 1. The van der Waals surface area contributed by atoms with Crippen LogP contribution in [0.25, 0.3) is 5.69 Å². The number of amides is 1. The summed E-state index contributed by atoms with van der Waals surface area (Å²) in [5.74, 6) is 1.41. The van der Waals surface area contributed by atoms with Crippen molar-refractivity contribution < 1.29 is 14.3 Å². The van der Waals surface area contributed by atoms with Crippen LogP contribution in [-0.2, 0) is 11.2 Å². The Hall–Kier alpha value is -3.79. The number of ether oxygens (including phenoxy) is 2. The lowest BCUT2D eigenvalue weighted by Crippen LogP contribution is -2.40. The Labute approximate surface area is 260 Å². The maximum Gasteiger partial charge on any atom is 0.274 e. The van der Waals surface area contributed by atoms with Gasteiger partial charge in [0, 0.05) is 40.5 Å². The predicted molar refractivity (Wildman–Crippen MR) is 170 cm³/mol. The van der Waals surface area contributed by atoms with Crippen molar-refractivity contribution in [2.45, 2.75) is 41.6 Å². The molecule has 0 saturated carbocycles. The molecule has 1 aromatic heterocycles. The summed E-state index contributed by atoms with van der Waals surface area (Å²) >= 11 is 7.53. The molecule has 1 saturated heterocycles. The number of methoxy groups -OCH3 is 2. The highest BCUT2D eigenvalue weighted by Crippen LogP contribution is 2.30. The number of carbonyl (C=O) groups excluding carboxylic acids is 1. The molecule has 2 N–H and O–H groups in total. The van der Waals surface area contributed by atoms with Crippen LogP contribution in [0.3, 0.4) is 0 Å². The molecule has 3 atom stereocenters. The Bertz CT molecular complexity index is 1590. The zero-order chi connectivity index (χ0) is 30.3. The largest absolute Gasteiger partial charge is 0.497 e. The summed E-state index contributed by atoms with van der Waals surface area (Å²) in [6.07, 6.45) is 1.09. The van der Waals surface area contributed by atoms with Gasteiger partial charge in [-0.2, -0.15) is 9.78 Å². The van der Waals surface area contributed by atoms with Crippen molar-refractivity contribution in [3.8, 4) is 17.2 Å². The lowest BCUT2D eigenvalue weighted by molar-refractivity contribution is -0.125. The normalized spacial score (nSPS) is 16.9. The maximum atomic E-state index is 13.6. The highest BCUT2D eigenvalue weighted by atomic mass is 35.5. The van der Waals surface area contributed by atoms with E-state index in [-0.39, 0.29) is 29.3 Å². The fraction of sp³-hybridized carbons (Fsp3) is 0.303. The molecule has 0 aliphatic carbocycles. The van der Waals surface area contributed by atoms with E-state index in [1.165, 1.54) is 16.4 Å². The van der Waals surface area contributed by atoms with E-state index in [9.17, 15) is 9.59 Å². The first-order valence-corrected chi connectivity index (χ1v) is 15.4. The second-order valence-corrected chi connectivity index (χ2v) is 12.1. The van der Waals surface area contributed by atoms with Crippen molar-refractivity contribution in [3.05, 3.63) is 105 Å². The highest BCUT2D eigenvalue weighted by Gasteiger charge is 2.34. The van der Waals surface area contributed by atoms with E-state index < -0.39 is 0 Å². The van der Waals surface area contributed by atoms with E-state index in [0.29, 0.717) is 46.4 Å². The maximum absolute atomic E-state index is 13.6. The average molecular weight is 619 g/mol. The number of aryl methyl sites for hydroxylation is 1. The molecular weight excluding hydrogens is 584 g/mol. The summed E-state index contributed by atoms with van der Waals surface area (Å²) in [7, 11) is 3.24. The van der Waals surface area contributed by atoms with Gasteiger partial charge in [0.25, 0.3) is 5.56 Å². The van der Waals surface area contributed by atoms with E-state index in [1.54, 1.807) is 26.4 Å². The highest BCUT2D eigenvalue weighted by molar-refractivity contribution is 7.99. The summed E-state index contributed by atoms with van der Waals surface area (Å²) in [5.41, 5.74) is 2.19. The zero-order valence-electron chi connectivity index (χ0n) is 24.4. The van der Waals surface area contributed by atoms with E-state index in [4.69, 9.17) is 21.1 Å². The van der Waals surface area contributed by atoms with Gasteiger partial charge in [0.15, 0.2) is 0 Å². The van der Waals surface area contributed by atoms with Crippen LogP contribution in [0.5, 0.6) is 11.5 Å². The minimum atomic E-state index is -0.191. The van der Waals surface area contributed by atoms with Crippen LogP contribution in [0.1, 0.15) is 30.4 Å². The van der Waals surface area contributed by atoms with Gasteiger partial charge in [0.05, 0.1) is 25.8 Å². The van der Waals surface area contributed by atoms with Gasteiger partial charge in [-0.15, -0.1) is 0 Å². The molecule has 0 radical (unpaired) electrons. The van der Waals surface area contributed by atoms with Crippen LogP contribution in [0.2, 0.25) is 5.02 Å². The summed E-state index contributed by atoms with van der Waals surface area (Å²) in [5, 5.41) is 12.6. The number of rotatable bonds is 11. The molecule has 0 spiro atoms. The average Bonchev–Trinajstić information content (AvgIpc) is 3.53. The quantitative estimate of drug-likeness (QED) is 0.229. The zero-order valence-corrected chi connectivity index (χ0v) is 26.0. The third kappa shape index (κ3) is 7.60. The van der Waals surface area contributed by atoms with Crippen molar-refractivity contribution in [1.29, 1.82) is 0 Å². The molecule has 1 amide bonds. The van der Waals surface area contributed by atoms with Gasteiger partial charge >= 0.3 is 0 Å². The van der Waals surface area contributed by atoms with Gasteiger partial charge in [-0.1, -0.05) is 35.5 Å². The topological polar surface area (TPSA) is 94.5 Å². The van der Waals surface area contributed by atoms with Crippen molar-refractivity contribution in [2.24, 2.45) is 5.92 Å². The lowest BCUT2D eigenvalue weighted by atomic mass is 9.88. The lowest BCUT2D eigenvalue weighted by Gasteiger charge is -2.22. The smallest absolute Gasteiger partial charge is 0.274 e. The molecule has 2 heterocycles. The van der Waals surface area contributed by atoms with Crippen LogP contribution in [0.4, 0.5) is 0 Å². The van der Waals surface area contributed by atoms with E-state index in [2.05, 4.69) is 15.7 Å². The second-order valence-electron chi connectivity index (χ2n) is 10.6. The molecule has 1 aliphatic heterocycles. The summed E-state index contributed by atoms with van der Waals surface area (Å²) in [6.45, 7) is 3.35. The van der Waals surface area contributed by atoms with Gasteiger partial charge in [0.1, 0.15) is 16.5 Å². The molecule has 0 bridgehead atoms. The van der Waals surface area contributed by atoms with E-state index in [0.717, 1.165) is 22.8 Å². The molecule has 43 heavy (non-hydrogen) atoms. The minimum Gasteiger partial charge on any atom is -0.497 e. The first kappa shape index (κ1) is 30.7. The Morgan fingerprint density at radius 1 is 1.02 bits per heavy atom. The van der Waals surface area contributed by atoms with Crippen LogP contribution in [0.15, 0.2) is 93.6 Å². The summed E-state index contributed by atoms with van der Waals surface area (Å²) < 4.78 is 12.0. The van der Waals surface area contributed by atoms with Crippen LogP contribution < -0.4 is 25.7 Å². The van der Waals surface area contributed by atoms with Crippen molar-refractivity contribution in [3.63, 3.8) is 0 Å². The van der Waals surface area contributed by atoms with Crippen LogP contribution in [-0.4, -0.2) is 49.0 Å². The summed E-state index contributed by atoms with van der Waals surface area (Å²) in [6, 6.07) is 24.4. The van der Waals surface area contributed by atoms with Crippen molar-refractivity contribution in [1.82, 2.24) is 20.4 Å². The van der Waals surface area contributed by atoms with Crippen LogP contribution in [0, 0.1) is 5.92 Å². The first-order chi connectivity index (χ1) is 20.8. The molecule has 8 nitrogen and oxygen atoms in total. The third-order valence-electron chi connectivity index (χ3n) is 7.65. The molecule has 3 aromatic carbocycles. The fourth-order valence-corrected chi connectivity index (χ4v) is 6.18. The van der Waals surface area contributed by atoms with Gasteiger partial charge < -0.3 is 20.1 Å². The number of hydrogen-bond donors (Lipinski definition) is 2. The number of hydrogen-bond acceptors (Lipinski definition) is 7. The number of aromatic nitrogens is 2. The summed E-state index contributed by atoms with van der Waals surface area (Å²) in [4.78, 5) is 27.9. The molecule has 4 aromatic rings. The standard InChI is InChI=1S/C33H35ClN4O4S/c1-21(36-32(39)30-20-35-19-29(30)22-6-12-26(41-2)13-7-22)4-5-23-18-31(43-28-16-8-24(34)9-17-28)37-38(33(23)40)25-10-14-27(42-3)15-11-25/h6-18,21,29-30,35H,4-5,19-20H2,1-3H3,(H,36,39)/t21-,29-,30+/m1/s1. The monoisotopic (exact) mass is 618 g/mol. The Morgan fingerprint density at radius 3 is 2.33 bits per heavy atom. The van der Waals surface area contributed by atoms with Gasteiger partial charge in [-0.05, 0) is 92.1 Å². The van der Waals surface area contributed by atoms with E-state index >= 15 is 0 Å².